The lowest BCUT2D eigenvalue weighted by Gasteiger charge is -2.50. The van der Waals surface area contributed by atoms with Crippen LogP contribution in [0.3, 0.4) is 0 Å². The van der Waals surface area contributed by atoms with Crippen molar-refractivity contribution in [1.82, 2.24) is 4.90 Å². The Kier molecular flexibility index (Phi) is 3.56. The number of hydrogen-bond donors (Lipinski definition) is 1. The number of hydrogen-bond acceptors (Lipinski definition) is 2. The van der Waals surface area contributed by atoms with E-state index in [0.29, 0.717) is 6.54 Å². The minimum absolute atomic E-state index is 0.158. The maximum absolute atomic E-state index is 13.2. The number of carbonyl (C=O) groups excluding carboxylic acids is 1. The van der Waals surface area contributed by atoms with E-state index in [4.69, 9.17) is 0 Å². The standard InChI is InChI=1S/C20H22N2O/c23-19-17-11-5-6-12-18(17)21-20(13-7-2-8-14-20)22(19)15-16-9-3-1-4-10-16/h1,3-6,9-12,21H,2,7-8,13-15H2. The van der Waals surface area contributed by atoms with Crippen LogP contribution in [0.15, 0.2) is 54.6 Å². The Bertz CT molecular complexity index is 705. The summed E-state index contributed by atoms with van der Waals surface area (Å²) in [6, 6.07) is 18.2. The first kappa shape index (κ1) is 14.3. The van der Waals surface area contributed by atoms with E-state index in [1.807, 2.05) is 42.5 Å². The van der Waals surface area contributed by atoms with Crippen LogP contribution in [0.1, 0.15) is 48.0 Å². The summed E-state index contributed by atoms with van der Waals surface area (Å²) in [5, 5.41) is 3.72. The lowest BCUT2D eigenvalue weighted by atomic mass is 9.84. The third kappa shape index (κ3) is 2.50. The molecule has 1 heterocycles. The minimum Gasteiger partial charge on any atom is -0.362 e. The summed E-state index contributed by atoms with van der Waals surface area (Å²) >= 11 is 0. The fraction of sp³-hybridized carbons (Fsp3) is 0.350. The first-order valence-electron chi connectivity index (χ1n) is 8.52. The van der Waals surface area contributed by atoms with Gasteiger partial charge in [0.25, 0.3) is 5.91 Å². The van der Waals surface area contributed by atoms with Gasteiger partial charge in [-0.05, 0) is 43.4 Å². The molecule has 23 heavy (non-hydrogen) atoms. The van der Waals surface area contributed by atoms with Crippen LogP contribution in [-0.2, 0) is 6.54 Å². The Labute approximate surface area is 137 Å². The number of rotatable bonds is 2. The number of benzene rings is 2. The number of nitrogens with one attached hydrogen (secondary N) is 1. The molecule has 3 heteroatoms. The van der Waals surface area contributed by atoms with Crippen molar-refractivity contribution in [3.8, 4) is 0 Å². The highest BCUT2D eigenvalue weighted by atomic mass is 16.2. The molecule has 3 nitrogen and oxygen atoms in total. The average molecular weight is 306 g/mol. The van der Waals surface area contributed by atoms with E-state index < -0.39 is 0 Å². The smallest absolute Gasteiger partial charge is 0.258 e. The quantitative estimate of drug-likeness (QED) is 0.891. The molecule has 0 aromatic heterocycles. The maximum atomic E-state index is 13.2. The van der Waals surface area contributed by atoms with Crippen molar-refractivity contribution in [2.45, 2.75) is 44.3 Å². The van der Waals surface area contributed by atoms with Crippen LogP contribution in [0, 0.1) is 0 Å². The number of amides is 1. The van der Waals surface area contributed by atoms with Gasteiger partial charge < -0.3 is 10.2 Å². The van der Waals surface area contributed by atoms with Gasteiger partial charge in [-0.3, -0.25) is 4.79 Å². The predicted octanol–water partition coefficient (Wildman–Crippen LogP) is 4.41. The van der Waals surface area contributed by atoms with Crippen molar-refractivity contribution >= 4 is 11.6 Å². The second-order valence-electron chi connectivity index (χ2n) is 6.64. The Hall–Kier alpha value is -2.29. The molecule has 0 saturated heterocycles. The van der Waals surface area contributed by atoms with Gasteiger partial charge in [-0.2, -0.15) is 0 Å². The van der Waals surface area contributed by atoms with Gasteiger partial charge >= 0.3 is 0 Å². The van der Waals surface area contributed by atoms with Crippen LogP contribution in [0.2, 0.25) is 0 Å². The summed E-state index contributed by atoms with van der Waals surface area (Å²) in [5.41, 5.74) is 2.75. The van der Waals surface area contributed by atoms with Crippen molar-refractivity contribution in [1.29, 1.82) is 0 Å². The van der Waals surface area contributed by atoms with E-state index in [0.717, 1.165) is 24.1 Å². The molecule has 1 fully saturated rings. The van der Waals surface area contributed by atoms with E-state index in [1.54, 1.807) is 0 Å². The highest BCUT2D eigenvalue weighted by molar-refractivity contribution is 6.02. The molecule has 4 rings (SSSR count). The zero-order valence-corrected chi connectivity index (χ0v) is 13.3. The van der Waals surface area contributed by atoms with Crippen molar-refractivity contribution < 1.29 is 4.79 Å². The largest absolute Gasteiger partial charge is 0.362 e. The van der Waals surface area contributed by atoms with Crippen LogP contribution in [0.5, 0.6) is 0 Å². The minimum atomic E-state index is -0.223. The van der Waals surface area contributed by atoms with Crippen molar-refractivity contribution in [3.05, 3.63) is 65.7 Å². The second-order valence-corrected chi connectivity index (χ2v) is 6.64. The van der Waals surface area contributed by atoms with Crippen LogP contribution < -0.4 is 5.32 Å². The molecule has 1 saturated carbocycles. The molecule has 1 amide bonds. The van der Waals surface area contributed by atoms with Gasteiger partial charge in [-0.1, -0.05) is 48.9 Å². The first-order chi connectivity index (χ1) is 11.3. The molecule has 0 atom stereocenters. The summed E-state index contributed by atoms with van der Waals surface area (Å²) in [4.78, 5) is 15.3. The van der Waals surface area contributed by atoms with E-state index in [-0.39, 0.29) is 11.6 Å². The fourth-order valence-electron chi connectivity index (χ4n) is 3.96. The van der Waals surface area contributed by atoms with Crippen LogP contribution in [0.25, 0.3) is 0 Å². The summed E-state index contributed by atoms with van der Waals surface area (Å²) in [7, 11) is 0. The molecular formula is C20H22N2O. The SMILES string of the molecule is O=C1c2ccccc2NC2(CCCCC2)N1Cc1ccccc1. The van der Waals surface area contributed by atoms with E-state index in [9.17, 15) is 4.79 Å². The molecule has 0 bridgehead atoms. The topological polar surface area (TPSA) is 32.3 Å². The van der Waals surface area contributed by atoms with Crippen LogP contribution >= 0.6 is 0 Å². The molecule has 1 aliphatic carbocycles. The van der Waals surface area contributed by atoms with Gasteiger partial charge in [-0.15, -0.1) is 0 Å². The van der Waals surface area contributed by atoms with Gasteiger partial charge in [0.15, 0.2) is 0 Å². The van der Waals surface area contributed by atoms with Gasteiger partial charge in [0.2, 0.25) is 0 Å². The Morgan fingerprint density at radius 3 is 2.39 bits per heavy atom. The Morgan fingerprint density at radius 2 is 1.61 bits per heavy atom. The molecular weight excluding hydrogens is 284 g/mol. The molecule has 1 N–H and O–H groups in total. The lowest BCUT2D eigenvalue weighted by molar-refractivity contribution is 0.0365. The second kappa shape index (κ2) is 5.73. The van der Waals surface area contributed by atoms with Crippen LogP contribution in [-0.4, -0.2) is 16.5 Å². The highest BCUT2D eigenvalue weighted by Crippen LogP contribution is 2.41. The van der Waals surface area contributed by atoms with Gasteiger partial charge in [0, 0.05) is 12.2 Å². The fourth-order valence-corrected chi connectivity index (χ4v) is 3.96. The number of para-hydroxylation sites is 1. The predicted molar refractivity (Wildman–Crippen MR) is 92.2 cm³/mol. The van der Waals surface area contributed by atoms with Crippen molar-refractivity contribution in [3.63, 3.8) is 0 Å². The summed E-state index contributed by atoms with van der Waals surface area (Å²) in [6.45, 7) is 0.668. The normalized spacial score (nSPS) is 19.3. The molecule has 1 spiro atoms. The molecule has 118 valence electrons. The monoisotopic (exact) mass is 306 g/mol. The van der Waals surface area contributed by atoms with Gasteiger partial charge in [-0.25, -0.2) is 0 Å². The molecule has 0 radical (unpaired) electrons. The van der Waals surface area contributed by atoms with Gasteiger partial charge in [0.1, 0.15) is 5.66 Å². The maximum Gasteiger partial charge on any atom is 0.258 e. The molecule has 2 aliphatic rings. The molecule has 0 unspecified atom stereocenters. The van der Waals surface area contributed by atoms with E-state index in [2.05, 4.69) is 22.3 Å². The highest BCUT2D eigenvalue weighted by Gasteiger charge is 2.44. The number of nitrogens with zero attached hydrogens (tertiary/aromatic N) is 1. The average Bonchev–Trinajstić information content (AvgIpc) is 2.60. The third-order valence-electron chi connectivity index (χ3n) is 5.15. The first-order valence-corrected chi connectivity index (χ1v) is 8.52. The van der Waals surface area contributed by atoms with E-state index in [1.165, 1.54) is 24.8 Å². The molecule has 2 aromatic rings. The number of anilines is 1. The summed E-state index contributed by atoms with van der Waals surface area (Å²) in [6.07, 6.45) is 5.67. The summed E-state index contributed by atoms with van der Waals surface area (Å²) in [5.74, 6) is 0.158. The van der Waals surface area contributed by atoms with Crippen molar-refractivity contribution in [2.24, 2.45) is 0 Å². The zero-order valence-electron chi connectivity index (χ0n) is 13.3. The van der Waals surface area contributed by atoms with Crippen LogP contribution in [0.4, 0.5) is 5.69 Å². The Balaban J connectivity index is 1.75. The summed E-state index contributed by atoms with van der Waals surface area (Å²) < 4.78 is 0. The van der Waals surface area contributed by atoms with Gasteiger partial charge in [0.05, 0.1) is 5.56 Å². The Morgan fingerprint density at radius 1 is 0.913 bits per heavy atom. The van der Waals surface area contributed by atoms with Crippen molar-refractivity contribution in [2.75, 3.05) is 5.32 Å². The number of carbonyl (C=O) groups is 1. The lowest BCUT2D eigenvalue weighted by Crippen LogP contribution is -2.60. The number of fused-ring (bicyclic) bond motifs is 1. The zero-order chi connectivity index (χ0) is 15.7. The third-order valence-corrected chi connectivity index (χ3v) is 5.15. The molecule has 2 aromatic carbocycles. The molecule has 1 aliphatic heterocycles. The van der Waals surface area contributed by atoms with E-state index >= 15 is 0 Å².